The van der Waals surface area contributed by atoms with Crippen molar-refractivity contribution in [1.82, 2.24) is 4.98 Å². The summed E-state index contributed by atoms with van der Waals surface area (Å²) in [6.45, 7) is 4.07. The van der Waals surface area contributed by atoms with Gasteiger partial charge in [-0.3, -0.25) is 4.99 Å². The molecule has 76 valence electrons. The number of halogens is 1. The van der Waals surface area contributed by atoms with E-state index in [9.17, 15) is 0 Å². The molecule has 3 heteroatoms. The Morgan fingerprint density at radius 2 is 2.36 bits per heavy atom. The summed E-state index contributed by atoms with van der Waals surface area (Å²) in [6.07, 6.45) is 6.86. The third-order valence-corrected chi connectivity index (χ3v) is 2.21. The Balaban J connectivity index is 2.90. The summed E-state index contributed by atoms with van der Waals surface area (Å²) < 4.78 is 0. The molecule has 0 aliphatic carbocycles. The summed E-state index contributed by atoms with van der Waals surface area (Å²) in [7, 11) is 0. The van der Waals surface area contributed by atoms with Gasteiger partial charge < -0.3 is 0 Å². The normalized spacial score (nSPS) is 11.1. The number of hydrogen-bond acceptors (Lipinski definition) is 2. The lowest BCUT2D eigenvalue weighted by Crippen LogP contribution is -1.88. The lowest BCUT2D eigenvalue weighted by Gasteiger charge is -2.04. The fourth-order valence-electron chi connectivity index (χ4n) is 1.28. The summed E-state index contributed by atoms with van der Waals surface area (Å²) in [5.41, 5.74) is 2.12. The van der Waals surface area contributed by atoms with Gasteiger partial charge in [0.1, 0.15) is 5.15 Å². The zero-order valence-electron chi connectivity index (χ0n) is 8.63. The number of rotatable bonds is 4. The molecule has 0 aliphatic rings. The molecule has 0 amide bonds. The van der Waals surface area contributed by atoms with Gasteiger partial charge in [-0.2, -0.15) is 0 Å². The van der Waals surface area contributed by atoms with Crippen LogP contribution in [-0.4, -0.2) is 11.2 Å². The van der Waals surface area contributed by atoms with E-state index in [0.29, 0.717) is 5.15 Å². The van der Waals surface area contributed by atoms with Crippen molar-refractivity contribution in [2.45, 2.75) is 33.1 Å². The molecule has 0 aliphatic heterocycles. The molecule has 14 heavy (non-hydrogen) atoms. The molecule has 0 saturated heterocycles. The molecule has 0 bridgehead atoms. The Morgan fingerprint density at radius 3 is 3.00 bits per heavy atom. The van der Waals surface area contributed by atoms with Gasteiger partial charge in [-0.15, -0.1) is 0 Å². The number of aryl methyl sites for hydroxylation is 1. The van der Waals surface area contributed by atoms with Crippen molar-refractivity contribution in [3.8, 4) is 0 Å². The maximum absolute atomic E-state index is 5.83. The molecule has 0 radical (unpaired) electrons. The molecule has 0 unspecified atom stereocenters. The number of unbranched alkanes of at least 4 members (excludes halogenated alkanes) is 1. The van der Waals surface area contributed by atoms with Gasteiger partial charge in [-0.25, -0.2) is 4.98 Å². The number of nitrogens with zero attached hydrogens (tertiary/aromatic N) is 2. The average molecular weight is 211 g/mol. The molecule has 0 fully saturated rings. The molecule has 0 atom stereocenters. The second kappa shape index (κ2) is 5.76. The standard InChI is InChI=1S/C11H15ClN2/c1-3-5-6-9-7-11(12)14-8-10(9)13-4-2/h4,7-8H,3,5-6H2,1-2H3. The molecule has 1 aromatic rings. The van der Waals surface area contributed by atoms with E-state index in [1.165, 1.54) is 12.0 Å². The molecule has 1 aromatic heterocycles. The van der Waals surface area contributed by atoms with Gasteiger partial charge in [-0.1, -0.05) is 24.9 Å². The third-order valence-electron chi connectivity index (χ3n) is 2.00. The van der Waals surface area contributed by atoms with Crippen LogP contribution in [0, 0.1) is 0 Å². The maximum atomic E-state index is 5.83. The Kier molecular flexibility index (Phi) is 4.60. The first-order valence-corrected chi connectivity index (χ1v) is 5.28. The minimum atomic E-state index is 0.547. The highest BCUT2D eigenvalue weighted by Gasteiger charge is 2.02. The number of aliphatic imine (C=N–C) groups is 1. The number of hydrogen-bond donors (Lipinski definition) is 0. The largest absolute Gasteiger partial charge is 0.260 e. The van der Waals surface area contributed by atoms with Crippen LogP contribution in [0.5, 0.6) is 0 Å². The zero-order chi connectivity index (χ0) is 10.4. The molecule has 1 rings (SSSR count). The van der Waals surface area contributed by atoms with Crippen LogP contribution in [0.15, 0.2) is 17.3 Å². The molecule has 0 spiro atoms. The Morgan fingerprint density at radius 1 is 1.57 bits per heavy atom. The summed E-state index contributed by atoms with van der Waals surface area (Å²) >= 11 is 5.83. The van der Waals surface area contributed by atoms with Crippen LogP contribution in [0.3, 0.4) is 0 Å². The molecule has 2 nitrogen and oxygen atoms in total. The predicted molar refractivity (Wildman–Crippen MR) is 61.7 cm³/mol. The van der Waals surface area contributed by atoms with Crippen molar-refractivity contribution in [1.29, 1.82) is 0 Å². The third kappa shape index (κ3) is 3.11. The van der Waals surface area contributed by atoms with Crippen LogP contribution in [0.25, 0.3) is 0 Å². The Bertz CT molecular complexity index is 321. The topological polar surface area (TPSA) is 25.2 Å². The SMILES string of the molecule is CC=Nc1cnc(Cl)cc1CCCC. The van der Waals surface area contributed by atoms with E-state index in [1.807, 2.05) is 13.0 Å². The highest BCUT2D eigenvalue weighted by molar-refractivity contribution is 6.29. The highest BCUT2D eigenvalue weighted by Crippen LogP contribution is 2.22. The van der Waals surface area contributed by atoms with Crippen molar-refractivity contribution in [3.05, 3.63) is 23.0 Å². The van der Waals surface area contributed by atoms with E-state index >= 15 is 0 Å². The molecule has 0 N–H and O–H groups in total. The van der Waals surface area contributed by atoms with Crippen molar-refractivity contribution in [3.63, 3.8) is 0 Å². The first-order valence-electron chi connectivity index (χ1n) is 4.91. The highest BCUT2D eigenvalue weighted by atomic mass is 35.5. The Labute approximate surface area is 90.0 Å². The molecular formula is C11H15ClN2. The van der Waals surface area contributed by atoms with Crippen LogP contribution < -0.4 is 0 Å². The van der Waals surface area contributed by atoms with E-state index in [0.717, 1.165) is 18.5 Å². The van der Waals surface area contributed by atoms with Crippen LogP contribution >= 0.6 is 11.6 Å². The van der Waals surface area contributed by atoms with Gasteiger partial charge in [-0.05, 0) is 31.4 Å². The summed E-state index contributed by atoms with van der Waals surface area (Å²) in [5, 5.41) is 0.547. The van der Waals surface area contributed by atoms with E-state index in [2.05, 4.69) is 16.9 Å². The second-order valence-electron chi connectivity index (χ2n) is 3.13. The van der Waals surface area contributed by atoms with Crippen LogP contribution in [0.2, 0.25) is 5.15 Å². The van der Waals surface area contributed by atoms with Gasteiger partial charge in [0.2, 0.25) is 0 Å². The van der Waals surface area contributed by atoms with E-state index < -0.39 is 0 Å². The number of aromatic nitrogens is 1. The quantitative estimate of drug-likeness (QED) is 0.548. The van der Waals surface area contributed by atoms with E-state index in [4.69, 9.17) is 11.6 Å². The van der Waals surface area contributed by atoms with E-state index in [1.54, 1.807) is 12.4 Å². The van der Waals surface area contributed by atoms with Crippen molar-refractivity contribution >= 4 is 23.5 Å². The van der Waals surface area contributed by atoms with Gasteiger partial charge in [0, 0.05) is 6.21 Å². The molecule has 1 heterocycles. The summed E-state index contributed by atoms with van der Waals surface area (Å²) in [4.78, 5) is 8.27. The fourth-order valence-corrected chi connectivity index (χ4v) is 1.46. The first-order chi connectivity index (χ1) is 6.77. The average Bonchev–Trinajstić information content (AvgIpc) is 2.18. The molecular weight excluding hydrogens is 196 g/mol. The minimum Gasteiger partial charge on any atom is -0.260 e. The van der Waals surface area contributed by atoms with Gasteiger partial charge >= 0.3 is 0 Å². The van der Waals surface area contributed by atoms with Crippen molar-refractivity contribution in [2.24, 2.45) is 4.99 Å². The summed E-state index contributed by atoms with van der Waals surface area (Å²) in [6, 6.07) is 1.90. The monoisotopic (exact) mass is 210 g/mol. The molecule has 0 aromatic carbocycles. The molecule has 0 saturated carbocycles. The lowest BCUT2D eigenvalue weighted by molar-refractivity contribution is 0.794. The van der Waals surface area contributed by atoms with Crippen LogP contribution in [-0.2, 0) is 6.42 Å². The first kappa shape index (κ1) is 11.2. The Hall–Kier alpha value is -0.890. The van der Waals surface area contributed by atoms with Crippen molar-refractivity contribution in [2.75, 3.05) is 0 Å². The van der Waals surface area contributed by atoms with Crippen LogP contribution in [0.4, 0.5) is 5.69 Å². The smallest absolute Gasteiger partial charge is 0.129 e. The maximum Gasteiger partial charge on any atom is 0.129 e. The van der Waals surface area contributed by atoms with Gasteiger partial charge in [0.15, 0.2) is 0 Å². The predicted octanol–water partition coefficient (Wildman–Crippen LogP) is 3.80. The van der Waals surface area contributed by atoms with Gasteiger partial charge in [0.05, 0.1) is 11.9 Å². The van der Waals surface area contributed by atoms with Gasteiger partial charge in [0.25, 0.3) is 0 Å². The van der Waals surface area contributed by atoms with E-state index in [-0.39, 0.29) is 0 Å². The summed E-state index contributed by atoms with van der Waals surface area (Å²) in [5.74, 6) is 0. The zero-order valence-corrected chi connectivity index (χ0v) is 9.38. The van der Waals surface area contributed by atoms with Crippen LogP contribution in [0.1, 0.15) is 32.3 Å². The number of pyridine rings is 1. The lowest BCUT2D eigenvalue weighted by atomic mass is 10.1. The van der Waals surface area contributed by atoms with Crippen molar-refractivity contribution < 1.29 is 0 Å². The minimum absolute atomic E-state index is 0.547. The fraction of sp³-hybridized carbons (Fsp3) is 0.455. The second-order valence-corrected chi connectivity index (χ2v) is 3.51.